The van der Waals surface area contributed by atoms with E-state index in [9.17, 15) is 4.39 Å². The van der Waals surface area contributed by atoms with Crippen LogP contribution in [0, 0.1) is 9.39 Å². The summed E-state index contributed by atoms with van der Waals surface area (Å²) in [5.41, 5.74) is 1.34. The molecule has 0 aliphatic heterocycles. The molecule has 2 aromatic rings. The Hall–Kier alpha value is -0.460. The van der Waals surface area contributed by atoms with Gasteiger partial charge in [0.25, 0.3) is 0 Å². The van der Waals surface area contributed by atoms with Gasteiger partial charge in [-0.3, -0.25) is 0 Å². The van der Waals surface area contributed by atoms with Gasteiger partial charge in [0.1, 0.15) is 16.8 Å². The number of halogens is 4. The summed E-state index contributed by atoms with van der Waals surface area (Å²) in [6.07, 6.45) is 0.267. The summed E-state index contributed by atoms with van der Waals surface area (Å²) in [6.45, 7) is 4.06. The lowest BCUT2D eigenvalue weighted by atomic mass is 10.1. The number of nitrogens with zero attached hydrogens (tertiary/aromatic N) is 2. The smallest absolute Gasteiger partial charge is 0.146 e. The molecule has 0 aliphatic rings. The Labute approximate surface area is 140 Å². The molecule has 1 aromatic carbocycles. The molecule has 0 spiro atoms. The highest BCUT2D eigenvalue weighted by atomic mass is 127. The van der Waals surface area contributed by atoms with E-state index in [2.05, 4.69) is 32.6 Å². The molecule has 2 nitrogen and oxygen atoms in total. The van der Waals surface area contributed by atoms with Crippen molar-refractivity contribution in [2.45, 2.75) is 26.2 Å². The van der Waals surface area contributed by atoms with Gasteiger partial charge in [0.05, 0.1) is 14.3 Å². The van der Waals surface area contributed by atoms with Crippen LogP contribution in [0.15, 0.2) is 18.2 Å². The minimum atomic E-state index is -0.432. The highest BCUT2D eigenvalue weighted by Crippen LogP contribution is 2.26. The molecule has 2 rings (SSSR count). The predicted octanol–water partition coefficient (Wildman–Crippen LogP) is 5.24. The van der Waals surface area contributed by atoms with Gasteiger partial charge >= 0.3 is 0 Å². The minimum absolute atomic E-state index is 0.100. The monoisotopic (exact) mass is 424 g/mol. The first-order valence-corrected chi connectivity index (χ1v) is 7.88. The quantitative estimate of drug-likeness (QED) is 0.497. The van der Waals surface area contributed by atoms with Crippen molar-refractivity contribution in [2.75, 3.05) is 0 Å². The molecule has 0 amide bonds. The van der Waals surface area contributed by atoms with E-state index in [1.807, 2.05) is 13.8 Å². The average Bonchev–Trinajstić information content (AvgIpc) is 2.38. The molecule has 1 heterocycles. The molecule has 0 aliphatic carbocycles. The van der Waals surface area contributed by atoms with Crippen LogP contribution in [-0.4, -0.2) is 9.97 Å². The number of hydrogen-bond donors (Lipinski definition) is 0. The van der Waals surface area contributed by atoms with E-state index in [1.54, 1.807) is 12.1 Å². The molecule has 0 atom stereocenters. The topological polar surface area (TPSA) is 25.8 Å². The first-order valence-electron chi connectivity index (χ1n) is 6.04. The Morgan fingerprint density at radius 2 is 1.95 bits per heavy atom. The summed E-state index contributed by atoms with van der Waals surface area (Å²) in [5, 5.41) is 0.505. The third-order valence-corrected chi connectivity index (χ3v) is 4.76. The van der Waals surface area contributed by atoms with Crippen molar-refractivity contribution in [3.63, 3.8) is 0 Å². The second-order valence-electron chi connectivity index (χ2n) is 4.67. The van der Waals surface area contributed by atoms with Crippen LogP contribution in [0.4, 0.5) is 4.39 Å². The van der Waals surface area contributed by atoms with Gasteiger partial charge in [0.15, 0.2) is 0 Å². The number of rotatable bonds is 3. The molecular weight excluding hydrogens is 413 g/mol. The van der Waals surface area contributed by atoms with E-state index in [1.165, 1.54) is 6.07 Å². The van der Waals surface area contributed by atoms with Crippen molar-refractivity contribution in [3.8, 4) is 0 Å². The molecule has 0 bridgehead atoms. The van der Waals surface area contributed by atoms with E-state index >= 15 is 0 Å². The van der Waals surface area contributed by atoms with E-state index in [4.69, 9.17) is 23.2 Å². The van der Waals surface area contributed by atoms with Gasteiger partial charge in [0, 0.05) is 6.42 Å². The van der Waals surface area contributed by atoms with Gasteiger partial charge in [-0.1, -0.05) is 49.2 Å². The number of hydrogen-bond acceptors (Lipinski definition) is 2. The van der Waals surface area contributed by atoms with Crippen molar-refractivity contribution < 1.29 is 4.39 Å². The fourth-order valence-corrected chi connectivity index (χ4v) is 3.05. The maximum absolute atomic E-state index is 13.9. The Morgan fingerprint density at radius 3 is 2.60 bits per heavy atom. The van der Waals surface area contributed by atoms with Crippen LogP contribution < -0.4 is 0 Å². The summed E-state index contributed by atoms with van der Waals surface area (Å²) in [5.74, 6) is 0.296. The molecule has 0 radical (unpaired) electrons. The van der Waals surface area contributed by atoms with E-state index in [-0.39, 0.29) is 17.4 Å². The standard InChI is InChI=1S/C14H12Cl2FIN2/c1-7(2)13-12(18)14(16)20-10(19-13)6-8-4-3-5-9(15)11(8)17/h3-5,7H,6H2,1-2H3. The fraction of sp³-hybridized carbons (Fsp3) is 0.286. The summed E-state index contributed by atoms with van der Waals surface area (Å²) in [4.78, 5) is 8.70. The fourth-order valence-electron chi connectivity index (χ4n) is 1.80. The molecule has 0 fully saturated rings. The molecule has 1 aromatic heterocycles. The molecule has 0 saturated carbocycles. The molecule has 0 N–H and O–H groups in total. The van der Waals surface area contributed by atoms with Gasteiger partial charge in [-0.15, -0.1) is 0 Å². The minimum Gasteiger partial charge on any atom is -0.236 e. The van der Waals surface area contributed by atoms with Crippen molar-refractivity contribution in [1.82, 2.24) is 9.97 Å². The zero-order chi connectivity index (χ0) is 14.9. The second-order valence-corrected chi connectivity index (χ2v) is 6.52. The Kier molecular flexibility index (Phi) is 5.20. The lowest BCUT2D eigenvalue weighted by molar-refractivity contribution is 0.612. The lowest BCUT2D eigenvalue weighted by Gasteiger charge is -2.11. The van der Waals surface area contributed by atoms with Crippen molar-refractivity contribution in [3.05, 3.63) is 54.8 Å². The van der Waals surface area contributed by atoms with Crippen LogP contribution in [0.2, 0.25) is 10.2 Å². The molecule has 0 unspecified atom stereocenters. The van der Waals surface area contributed by atoms with E-state index in [0.29, 0.717) is 16.5 Å². The van der Waals surface area contributed by atoms with Crippen LogP contribution in [0.25, 0.3) is 0 Å². The Balaban J connectivity index is 2.42. The number of benzene rings is 1. The maximum Gasteiger partial charge on any atom is 0.146 e. The van der Waals surface area contributed by atoms with E-state index in [0.717, 1.165) is 9.26 Å². The van der Waals surface area contributed by atoms with Crippen LogP contribution in [0.3, 0.4) is 0 Å². The highest BCUT2D eigenvalue weighted by Gasteiger charge is 2.15. The third-order valence-electron chi connectivity index (χ3n) is 2.81. The average molecular weight is 425 g/mol. The molecule has 6 heteroatoms. The lowest BCUT2D eigenvalue weighted by Crippen LogP contribution is -2.06. The molecule has 0 saturated heterocycles. The van der Waals surface area contributed by atoms with Crippen molar-refractivity contribution >= 4 is 45.8 Å². The van der Waals surface area contributed by atoms with Gasteiger partial charge < -0.3 is 0 Å². The SMILES string of the molecule is CC(C)c1nc(Cc2cccc(Cl)c2F)nc(Cl)c1I. The maximum atomic E-state index is 13.9. The van der Waals surface area contributed by atoms with E-state index < -0.39 is 5.82 Å². The predicted molar refractivity (Wildman–Crippen MR) is 88.1 cm³/mol. The van der Waals surface area contributed by atoms with Crippen LogP contribution in [-0.2, 0) is 6.42 Å². The second kappa shape index (κ2) is 6.54. The molecule has 106 valence electrons. The normalized spacial score (nSPS) is 11.2. The van der Waals surface area contributed by atoms with Gasteiger partial charge in [-0.2, -0.15) is 0 Å². The highest BCUT2D eigenvalue weighted by molar-refractivity contribution is 14.1. The molecule has 20 heavy (non-hydrogen) atoms. The Bertz CT molecular complexity index is 647. The Morgan fingerprint density at radius 1 is 1.25 bits per heavy atom. The van der Waals surface area contributed by atoms with Gasteiger partial charge in [-0.25, -0.2) is 14.4 Å². The zero-order valence-corrected chi connectivity index (χ0v) is 14.6. The summed E-state index contributed by atoms with van der Waals surface area (Å²) >= 11 is 14.0. The van der Waals surface area contributed by atoms with Crippen molar-refractivity contribution in [1.29, 1.82) is 0 Å². The zero-order valence-electron chi connectivity index (χ0n) is 10.9. The first kappa shape index (κ1) is 15.9. The van der Waals surface area contributed by atoms with Crippen LogP contribution in [0.5, 0.6) is 0 Å². The van der Waals surface area contributed by atoms with Gasteiger partial charge in [-0.05, 0) is 40.1 Å². The van der Waals surface area contributed by atoms with Crippen LogP contribution >= 0.6 is 45.8 Å². The summed E-state index contributed by atoms with van der Waals surface area (Å²) in [6, 6.07) is 4.89. The largest absolute Gasteiger partial charge is 0.236 e. The number of aromatic nitrogens is 2. The summed E-state index contributed by atoms with van der Waals surface area (Å²) in [7, 11) is 0. The van der Waals surface area contributed by atoms with Crippen molar-refractivity contribution in [2.24, 2.45) is 0 Å². The molecular formula is C14H12Cl2FIN2. The van der Waals surface area contributed by atoms with Crippen LogP contribution in [0.1, 0.15) is 36.8 Å². The first-order chi connectivity index (χ1) is 9.40. The van der Waals surface area contributed by atoms with Gasteiger partial charge in [0.2, 0.25) is 0 Å². The third kappa shape index (κ3) is 3.40. The summed E-state index contributed by atoms with van der Waals surface area (Å²) < 4.78 is 14.7.